The number of piperidine rings is 1. The zero-order valence-corrected chi connectivity index (χ0v) is 19.1. The summed E-state index contributed by atoms with van der Waals surface area (Å²) < 4.78 is 11.3. The summed E-state index contributed by atoms with van der Waals surface area (Å²) in [6, 6.07) is 7.30. The zero-order valence-electron chi connectivity index (χ0n) is 19.1. The van der Waals surface area contributed by atoms with Gasteiger partial charge in [0.2, 0.25) is 0 Å². The van der Waals surface area contributed by atoms with Gasteiger partial charge in [-0.1, -0.05) is 13.0 Å². The van der Waals surface area contributed by atoms with E-state index in [0.29, 0.717) is 43.4 Å². The number of nitrogens with one attached hydrogen (secondary N) is 1. The molecule has 0 bridgehead atoms. The Balaban J connectivity index is 1.47. The van der Waals surface area contributed by atoms with Crippen molar-refractivity contribution in [2.24, 2.45) is 0 Å². The molecule has 2 atom stereocenters. The Morgan fingerprint density at radius 1 is 1.31 bits per heavy atom. The molecule has 8 heteroatoms. The number of fused-ring (bicyclic) bond motifs is 1. The Morgan fingerprint density at radius 3 is 2.91 bits per heavy atom. The number of benzene rings is 1. The molecule has 1 amide bonds. The second kappa shape index (κ2) is 9.73. The summed E-state index contributed by atoms with van der Waals surface area (Å²) in [5.74, 6) is 2.01. The molecule has 0 unspecified atom stereocenters. The SMILES string of the molecule is CC[C@H](Oc1cccc(OC)c1)C(=O)N1CCC[C@H](c2nc3c(c(=O)[nH]2)CN(C)CC3)C1. The third-order valence-corrected chi connectivity index (χ3v) is 6.36. The van der Waals surface area contributed by atoms with Crippen LogP contribution in [0, 0.1) is 0 Å². The number of methoxy groups -OCH3 is 1. The molecule has 0 spiro atoms. The van der Waals surface area contributed by atoms with E-state index in [0.717, 1.165) is 37.1 Å². The topological polar surface area (TPSA) is 87.8 Å². The number of amides is 1. The van der Waals surface area contributed by atoms with Crippen molar-refractivity contribution in [3.63, 3.8) is 0 Å². The average molecular weight is 441 g/mol. The van der Waals surface area contributed by atoms with E-state index in [-0.39, 0.29) is 17.4 Å². The van der Waals surface area contributed by atoms with Gasteiger partial charge >= 0.3 is 0 Å². The molecule has 2 aromatic rings. The number of likely N-dealkylation sites (tertiary alicyclic amines) is 1. The molecule has 3 heterocycles. The van der Waals surface area contributed by atoms with Crippen molar-refractivity contribution in [2.75, 3.05) is 33.8 Å². The van der Waals surface area contributed by atoms with Gasteiger partial charge in [0.15, 0.2) is 6.10 Å². The smallest absolute Gasteiger partial charge is 0.263 e. The normalized spacial score (nSPS) is 19.8. The molecule has 0 aliphatic carbocycles. The molecule has 1 N–H and O–H groups in total. The maximum Gasteiger partial charge on any atom is 0.263 e. The minimum atomic E-state index is -0.563. The summed E-state index contributed by atoms with van der Waals surface area (Å²) in [7, 11) is 3.62. The number of aromatic amines is 1. The van der Waals surface area contributed by atoms with Gasteiger partial charge in [-0.15, -0.1) is 0 Å². The third-order valence-electron chi connectivity index (χ3n) is 6.36. The van der Waals surface area contributed by atoms with Gasteiger partial charge in [0.1, 0.15) is 17.3 Å². The number of hydrogen-bond acceptors (Lipinski definition) is 6. The molecule has 2 aliphatic rings. The van der Waals surface area contributed by atoms with Crippen molar-refractivity contribution in [1.82, 2.24) is 19.8 Å². The molecule has 0 saturated carbocycles. The number of rotatable bonds is 6. The lowest BCUT2D eigenvalue weighted by Gasteiger charge is -2.34. The van der Waals surface area contributed by atoms with E-state index in [1.165, 1.54) is 0 Å². The fourth-order valence-corrected chi connectivity index (χ4v) is 4.52. The van der Waals surface area contributed by atoms with Crippen molar-refractivity contribution in [2.45, 2.75) is 51.2 Å². The predicted octanol–water partition coefficient (Wildman–Crippen LogP) is 2.33. The molecule has 1 aromatic heterocycles. The molecular formula is C24H32N4O4. The highest BCUT2D eigenvalue weighted by Crippen LogP contribution is 2.27. The lowest BCUT2D eigenvalue weighted by molar-refractivity contribution is -0.140. The molecule has 8 nitrogen and oxygen atoms in total. The zero-order chi connectivity index (χ0) is 22.7. The highest BCUT2D eigenvalue weighted by molar-refractivity contribution is 5.81. The number of hydrogen-bond donors (Lipinski definition) is 1. The minimum Gasteiger partial charge on any atom is -0.497 e. The lowest BCUT2D eigenvalue weighted by Crippen LogP contribution is -2.46. The molecular weight excluding hydrogens is 408 g/mol. The maximum absolute atomic E-state index is 13.3. The maximum atomic E-state index is 13.3. The summed E-state index contributed by atoms with van der Waals surface area (Å²) in [6.07, 6.45) is 2.56. The minimum absolute atomic E-state index is 0.0260. The summed E-state index contributed by atoms with van der Waals surface area (Å²) in [5.41, 5.74) is 1.62. The van der Waals surface area contributed by atoms with Crippen molar-refractivity contribution in [3.8, 4) is 11.5 Å². The van der Waals surface area contributed by atoms with Gasteiger partial charge < -0.3 is 24.3 Å². The Morgan fingerprint density at radius 2 is 2.12 bits per heavy atom. The Hall–Kier alpha value is -2.87. The van der Waals surface area contributed by atoms with E-state index in [4.69, 9.17) is 14.5 Å². The second-order valence-electron chi connectivity index (χ2n) is 8.68. The van der Waals surface area contributed by atoms with E-state index < -0.39 is 6.10 Å². The Bertz CT molecular complexity index is 1020. The first-order valence-corrected chi connectivity index (χ1v) is 11.4. The van der Waals surface area contributed by atoms with Crippen LogP contribution in [0.2, 0.25) is 0 Å². The van der Waals surface area contributed by atoms with E-state index in [1.54, 1.807) is 13.2 Å². The van der Waals surface area contributed by atoms with Crippen molar-refractivity contribution in [1.29, 1.82) is 0 Å². The molecule has 4 rings (SSSR count). The highest BCUT2D eigenvalue weighted by Gasteiger charge is 2.32. The van der Waals surface area contributed by atoms with Crippen LogP contribution in [0.15, 0.2) is 29.1 Å². The molecule has 2 aliphatic heterocycles. The van der Waals surface area contributed by atoms with E-state index >= 15 is 0 Å². The molecule has 172 valence electrons. The number of aromatic nitrogens is 2. The van der Waals surface area contributed by atoms with Crippen LogP contribution in [0.25, 0.3) is 0 Å². The fourth-order valence-electron chi connectivity index (χ4n) is 4.52. The van der Waals surface area contributed by atoms with Crippen LogP contribution < -0.4 is 15.0 Å². The van der Waals surface area contributed by atoms with E-state index in [1.807, 2.05) is 37.1 Å². The number of carbonyl (C=O) groups excluding carboxylic acids is 1. The summed E-state index contributed by atoms with van der Waals surface area (Å²) in [6.45, 7) is 4.71. The van der Waals surface area contributed by atoms with Gasteiger partial charge in [0, 0.05) is 44.6 Å². The van der Waals surface area contributed by atoms with Crippen LogP contribution in [0.4, 0.5) is 0 Å². The van der Waals surface area contributed by atoms with Gasteiger partial charge in [0.05, 0.1) is 18.4 Å². The standard InChI is InChI=1S/C24H32N4O4/c1-4-21(32-18-9-5-8-17(13-18)31-3)24(30)28-11-6-7-16(14-28)22-25-20-10-12-27(2)15-19(20)23(29)26-22/h5,8-9,13,16,21H,4,6-7,10-12,14-15H2,1-3H3,(H,25,26,29)/t16-,21-/m0/s1. The molecule has 0 radical (unpaired) electrons. The van der Waals surface area contributed by atoms with E-state index in [2.05, 4.69) is 9.88 Å². The quantitative estimate of drug-likeness (QED) is 0.742. The van der Waals surface area contributed by atoms with Gasteiger partial charge in [-0.3, -0.25) is 9.59 Å². The largest absolute Gasteiger partial charge is 0.497 e. The van der Waals surface area contributed by atoms with Gasteiger partial charge in [0.25, 0.3) is 11.5 Å². The van der Waals surface area contributed by atoms with Crippen molar-refractivity contribution >= 4 is 5.91 Å². The number of nitrogens with zero attached hydrogens (tertiary/aromatic N) is 3. The summed E-state index contributed by atoms with van der Waals surface area (Å²) in [5, 5.41) is 0. The van der Waals surface area contributed by atoms with Crippen LogP contribution in [-0.4, -0.2) is 65.6 Å². The van der Waals surface area contributed by atoms with Gasteiger partial charge in [-0.05, 0) is 38.4 Å². The lowest BCUT2D eigenvalue weighted by atomic mass is 9.95. The number of likely N-dealkylation sites (N-methyl/N-ethyl adjacent to an activating group) is 1. The van der Waals surface area contributed by atoms with Gasteiger partial charge in [-0.25, -0.2) is 4.98 Å². The average Bonchev–Trinajstić information content (AvgIpc) is 2.82. The third kappa shape index (κ3) is 4.80. The Labute approximate surface area is 188 Å². The molecule has 1 aromatic carbocycles. The summed E-state index contributed by atoms with van der Waals surface area (Å²) in [4.78, 5) is 37.7. The highest BCUT2D eigenvalue weighted by atomic mass is 16.5. The van der Waals surface area contributed by atoms with Gasteiger partial charge in [-0.2, -0.15) is 0 Å². The monoisotopic (exact) mass is 440 g/mol. The van der Waals surface area contributed by atoms with Crippen LogP contribution in [0.5, 0.6) is 11.5 Å². The van der Waals surface area contributed by atoms with Crippen LogP contribution in [-0.2, 0) is 17.8 Å². The second-order valence-corrected chi connectivity index (χ2v) is 8.68. The number of ether oxygens (including phenoxy) is 2. The first-order valence-electron chi connectivity index (χ1n) is 11.4. The molecule has 32 heavy (non-hydrogen) atoms. The first kappa shape index (κ1) is 22.3. The van der Waals surface area contributed by atoms with Crippen molar-refractivity contribution in [3.05, 3.63) is 51.7 Å². The molecule has 1 fully saturated rings. The van der Waals surface area contributed by atoms with Crippen LogP contribution in [0.1, 0.15) is 49.2 Å². The molecule has 1 saturated heterocycles. The fraction of sp³-hybridized carbons (Fsp3) is 0.542. The van der Waals surface area contributed by atoms with Crippen LogP contribution in [0.3, 0.4) is 0 Å². The van der Waals surface area contributed by atoms with E-state index in [9.17, 15) is 9.59 Å². The Kier molecular flexibility index (Phi) is 6.79. The first-order chi connectivity index (χ1) is 15.5. The predicted molar refractivity (Wildman–Crippen MR) is 121 cm³/mol. The number of H-pyrrole nitrogens is 1. The number of carbonyl (C=O) groups is 1. The summed E-state index contributed by atoms with van der Waals surface area (Å²) >= 11 is 0. The van der Waals surface area contributed by atoms with Crippen molar-refractivity contribution < 1.29 is 14.3 Å². The van der Waals surface area contributed by atoms with Crippen LogP contribution >= 0.6 is 0 Å².